The molecule has 1 aromatic carbocycles. The van der Waals surface area contributed by atoms with Crippen LogP contribution in [0.25, 0.3) is 0 Å². The summed E-state index contributed by atoms with van der Waals surface area (Å²) in [6.07, 6.45) is 2.29. The second-order valence-corrected chi connectivity index (χ2v) is 6.11. The quantitative estimate of drug-likeness (QED) is 0.781. The molecule has 1 heterocycles. The zero-order valence-corrected chi connectivity index (χ0v) is 13.9. The molecule has 0 aliphatic carbocycles. The van der Waals surface area contributed by atoms with E-state index in [2.05, 4.69) is 23.3 Å². The van der Waals surface area contributed by atoms with Crippen LogP contribution >= 0.6 is 11.8 Å². The third-order valence-corrected chi connectivity index (χ3v) is 4.16. The lowest BCUT2D eigenvalue weighted by molar-refractivity contribution is -0.115. The highest BCUT2D eigenvalue weighted by Crippen LogP contribution is 2.22. The van der Waals surface area contributed by atoms with Gasteiger partial charge in [-0.15, -0.1) is 11.8 Å². The molecule has 4 nitrogen and oxygen atoms in total. The summed E-state index contributed by atoms with van der Waals surface area (Å²) in [4.78, 5) is 16.4. The first-order valence-corrected chi connectivity index (χ1v) is 8.59. The fourth-order valence-corrected chi connectivity index (χ4v) is 2.99. The minimum atomic E-state index is -0.0353. The number of nitriles is 1. The average molecular weight is 325 g/mol. The molecule has 0 atom stereocenters. The normalized spacial score (nSPS) is 10.1. The smallest absolute Gasteiger partial charge is 0.225 e. The van der Waals surface area contributed by atoms with Crippen molar-refractivity contribution in [2.75, 3.05) is 11.1 Å². The van der Waals surface area contributed by atoms with Gasteiger partial charge in [0.2, 0.25) is 5.91 Å². The van der Waals surface area contributed by atoms with Crippen LogP contribution < -0.4 is 5.32 Å². The number of carbonyl (C=O) groups is 1. The number of hydrogen-bond acceptors (Lipinski definition) is 4. The van der Waals surface area contributed by atoms with Gasteiger partial charge >= 0.3 is 0 Å². The maximum Gasteiger partial charge on any atom is 0.225 e. The maximum atomic E-state index is 11.9. The van der Waals surface area contributed by atoms with Gasteiger partial charge in [-0.3, -0.25) is 4.79 Å². The van der Waals surface area contributed by atoms with Gasteiger partial charge in [-0.1, -0.05) is 31.5 Å². The Hall–Kier alpha value is -2.32. The van der Waals surface area contributed by atoms with Crippen molar-refractivity contribution in [3.05, 3.63) is 53.7 Å². The van der Waals surface area contributed by atoms with Gasteiger partial charge in [0.15, 0.2) is 0 Å². The Kier molecular flexibility index (Phi) is 6.64. The van der Waals surface area contributed by atoms with Crippen LogP contribution in [0.4, 0.5) is 5.69 Å². The molecular weight excluding hydrogens is 306 g/mol. The number of nitrogens with one attached hydrogen (secondary N) is 1. The fourth-order valence-electron chi connectivity index (χ4n) is 2.05. The molecule has 1 N–H and O–H groups in total. The number of pyridine rings is 1. The number of aromatic nitrogens is 1. The third kappa shape index (κ3) is 5.42. The molecule has 118 valence electrons. The Bertz CT molecular complexity index is 695. The molecule has 2 rings (SSSR count). The summed E-state index contributed by atoms with van der Waals surface area (Å²) in [6.45, 7) is 2.10. The van der Waals surface area contributed by atoms with Crippen LogP contribution in [-0.4, -0.2) is 16.6 Å². The van der Waals surface area contributed by atoms with Crippen molar-refractivity contribution < 1.29 is 4.79 Å². The minimum absolute atomic E-state index is 0.0353. The summed E-state index contributed by atoms with van der Waals surface area (Å²) in [7, 11) is 0. The van der Waals surface area contributed by atoms with Gasteiger partial charge in [-0.05, 0) is 30.7 Å². The van der Waals surface area contributed by atoms with Gasteiger partial charge in [0, 0.05) is 23.6 Å². The molecule has 0 unspecified atom stereocenters. The largest absolute Gasteiger partial charge is 0.326 e. The highest BCUT2D eigenvalue weighted by atomic mass is 32.2. The maximum absolute atomic E-state index is 11.9. The first-order chi connectivity index (χ1) is 11.2. The van der Waals surface area contributed by atoms with E-state index in [0.717, 1.165) is 24.2 Å². The van der Waals surface area contributed by atoms with Crippen molar-refractivity contribution in [3.63, 3.8) is 0 Å². The van der Waals surface area contributed by atoms with Gasteiger partial charge in [0.1, 0.15) is 11.1 Å². The van der Waals surface area contributed by atoms with Crippen molar-refractivity contribution in [2.45, 2.75) is 31.2 Å². The van der Waals surface area contributed by atoms with Crippen LogP contribution in [-0.2, 0) is 11.2 Å². The van der Waals surface area contributed by atoms with E-state index in [-0.39, 0.29) is 5.91 Å². The van der Waals surface area contributed by atoms with Crippen molar-refractivity contribution in [1.29, 1.82) is 5.26 Å². The summed E-state index contributed by atoms with van der Waals surface area (Å²) in [5, 5.41) is 12.7. The lowest BCUT2D eigenvalue weighted by Gasteiger charge is -2.07. The number of benzene rings is 1. The third-order valence-electron chi connectivity index (χ3n) is 3.17. The number of carbonyl (C=O) groups excluding carboxylic acids is 1. The predicted octanol–water partition coefficient (Wildman–Crippen LogP) is 4.03. The molecule has 0 radical (unpaired) electrons. The van der Waals surface area contributed by atoms with Gasteiger partial charge in [-0.2, -0.15) is 5.26 Å². The number of thioether (sulfide) groups is 1. The predicted molar refractivity (Wildman–Crippen MR) is 93.4 cm³/mol. The molecule has 0 saturated heterocycles. The fraction of sp³-hybridized carbons (Fsp3) is 0.278. The Balaban J connectivity index is 1.89. The lowest BCUT2D eigenvalue weighted by Crippen LogP contribution is -2.12. The Morgan fingerprint density at radius 3 is 2.74 bits per heavy atom. The van der Waals surface area contributed by atoms with Crippen molar-refractivity contribution in [2.24, 2.45) is 0 Å². The molecule has 0 aliphatic rings. The Morgan fingerprint density at radius 2 is 2.04 bits per heavy atom. The number of hydrogen-bond donors (Lipinski definition) is 1. The first kappa shape index (κ1) is 17.0. The zero-order chi connectivity index (χ0) is 16.5. The monoisotopic (exact) mass is 325 g/mol. The number of anilines is 1. The zero-order valence-electron chi connectivity index (χ0n) is 13.1. The molecule has 1 aromatic heterocycles. The van der Waals surface area contributed by atoms with Gasteiger partial charge < -0.3 is 5.32 Å². The summed E-state index contributed by atoms with van der Waals surface area (Å²) in [6, 6.07) is 15.2. The van der Waals surface area contributed by atoms with Crippen LogP contribution in [0.5, 0.6) is 0 Å². The molecule has 23 heavy (non-hydrogen) atoms. The van der Waals surface area contributed by atoms with E-state index in [9.17, 15) is 4.79 Å². The number of rotatable bonds is 7. The summed E-state index contributed by atoms with van der Waals surface area (Å²) in [5.41, 5.74) is 2.35. The number of aryl methyl sites for hydroxylation is 1. The summed E-state index contributed by atoms with van der Waals surface area (Å²) >= 11 is 1.46. The van der Waals surface area contributed by atoms with Crippen molar-refractivity contribution >= 4 is 23.4 Å². The molecule has 2 aromatic rings. The van der Waals surface area contributed by atoms with E-state index >= 15 is 0 Å². The van der Waals surface area contributed by atoms with Gasteiger partial charge in [-0.25, -0.2) is 4.98 Å². The highest BCUT2D eigenvalue weighted by Gasteiger charge is 2.08. The van der Waals surface area contributed by atoms with E-state index in [0.29, 0.717) is 22.8 Å². The van der Waals surface area contributed by atoms with Crippen LogP contribution in [0.2, 0.25) is 0 Å². The second-order valence-electron chi connectivity index (χ2n) is 5.03. The van der Waals surface area contributed by atoms with Crippen molar-refractivity contribution in [3.8, 4) is 6.07 Å². The SMILES string of the molecule is CCCc1ccc(C#N)c(SCCC(=O)Nc2ccccc2)n1. The molecule has 0 spiro atoms. The molecular formula is C18H19N3OS. The molecule has 0 bridgehead atoms. The Labute approximate surface area is 140 Å². The standard InChI is InChI=1S/C18H19N3OS/c1-2-6-15-10-9-14(13-19)18(21-15)23-12-11-17(22)20-16-7-4-3-5-8-16/h3-5,7-10H,2,6,11-12H2,1H3,(H,20,22). The highest BCUT2D eigenvalue weighted by molar-refractivity contribution is 7.99. The topological polar surface area (TPSA) is 65.8 Å². The van der Waals surface area contributed by atoms with E-state index < -0.39 is 0 Å². The molecule has 0 saturated carbocycles. The number of amides is 1. The van der Waals surface area contributed by atoms with Gasteiger partial charge in [0.05, 0.1) is 5.56 Å². The van der Waals surface area contributed by atoms with E-state index in [1.165, 1.54) is 11.8 Å². The number of para-hydroxylation sites is 1. The van der Waals surface area contributed by atoms with Crippen LogP contribution in [0.15, 0.2) is 47.5 Å². The molecule has 0 fully saturated rings. The van der Waals surface area contributed by atoms with E-state index in [4.69, 9.17) is 5.26 Å². The minimum Gasteiger partial charge on any atom is -0.326 e. The van der Waals surface area contributed by atoms with Crippen LogP contribution in [0, 0.1) is 11.3 Å². The average Bonchev–Trinajstić information content (AvgIpc) is 2.56. The van der Waals surface area contributed by atoms with Crippen LogP contribution in [0.1, 0.15) is 31.0 Å². The second kappa shape index (κ2) is 8.96. The van der Waals surface area contributed by atoms with Crippen molar-refractivity contribution in [1.82, 2.24) is 4.98 Å². The molecule has 0 aliphatic heterocycles. The summed E-state index contributed by atoms with van der Waals surface area (Å²) in [5.74, 6) is 0.558. The molecule has 1 amide bonds. The van der Waals surface area contributed by atoms with E-state index in [1.54, 1.807) is 0 Å². The van der Waals surface area contributed by atoms with Crippen LogP contribution in [0.3, 0.4) is 0 Å². The lowest BCUT2D eigenvalue weighted by atomic mass is 10.2. The van der Waals surface area contributed by atoms with Gasteiger partial charge in [0.25, 0.3) is 0 Å². The van der Waals surface area contributed by atoms with E-state index in [1.807, 2.05) is 42.5 Å². The Morgan fingerprint density at radius 1 is 1.26 bits per heavy atom. The first-order valence-electron chi connectivity index (χ1n) is 7.60. The molecule has 5 heteroatoms. The number of nitrogens with zero attached hydrogens (tertiary/aromatic N) is 2. The summed E-state index contributed by atoms with van der Waals surface area (Å²) < 4.78 is 0.